The zero-order chi connectivity index (χ0) is 17.0. The van der Waals surface area contributed by atoms with Gasteiger partial charge in [-0.3, -0.25) is 4.79 Å². The van der Waals surface area contributed by atoms with Crippen LogP contribution in [0.25, 0.3) is 0 Å². The molecule has 23 heavy (non-hydrogen) atoms. The van der Waals surface area contributed by atoms with Crippen molar-refractivity contribution in [1.82, 2.24) is 5.43 Å². The highest BCUT2D eigenvalue weighted by Gasteiger charge is 2.30. The molecule has 0 heterocycles. The standard InChI is InChI=1S/C15H10F4N2O2/c16-12-6-2-4-10(13(12)22)8-20-21-14(23)9-3-1-5-11(7-9)15(17,18)19/h1-8,22H,(H,21,23)/b20-8+. The van der Waals surface area contributed by atoms with Crippen LogP contribution in [0.3, 0.4) is 0 Å². The summed E-state index contributed by atoms with van der Waals surface area (Å²) in [4.78, 5) is 11.7. The first-order valence-electron chi connectivity index (χ1n) is 6.27. The van der Waals surface area contributed by atoms with Gasteiger partial charge in [-0.25, -0.2) is 9.82 Å². The molecule has 2 rings (SSSR count). The molecule has 0 aromatic heterocycles. The van der Waals surface area contributed by atoms with Crippen molar-refractivity contribution in [2.45, 2.75) is 6.18 Å². The van der Waals surface area contributed by atoms with Gasteiger partial charge >= 0.3 is 6.18 Å². The van der Waals surface area contributed by atoms with Crippen molar-refractivity contribution >= 4 is 12.1 Å². The Kier molecular flexibility index (Phi) is 4.63. The minimum Gasteiger partial charge on any atom is -0.504 e. The first-order valence-corrected chi connectivity index (χ1v) is 6.27. The Hall–Kier alpha value is -2.90. The molecule has 0 bridgehead atoms. The van der Waals surface area contributed by atoms with E-state index in [-0.39, 0.29) is 11.1 Å². The number of phenols is 1. The molecule has 2 aromatic carbocycles. The van der Waals surface area contributed by atoms with Gasteiger partial charge in [0.15, 0.2) is 11.6 Å². The van der Waals surface area contributed by atoms with Gasteiger partial charge in [-0.1, -0.05) is 12.1 Å². The highest BCUT2D eigenvalue weighted by atomic mass is 19.4. The second-order valence-corrected chi connectivity index (χ2v) is 4.46. The van der Waals surface area contributed by atoms with Gasteiger partial charge in [-0.15, -0.1) is 0 Å². The van der Waals surface area contributed by atoms with E-state index in [9.17, 15) is 27.5 Å². The first-order chi connectivity index (χ1) is 10.8. The Morgan fingerprint density at radius 1 is 1.17 bits per heavy atom. The topological polar surface area (TPSA) is 61.7 Å². The maximum Gasteiger partial charge on any atom is 0.416 e. The van der Waals surface area contributed by atoms with Crippen LogP contribution in [0, 0.1) is 5.82 Å². The summed E-state index contributed by atoms with van der Waals surface area (Å²) >= 11 is 0. The lowest BCUT2D eigenvalue weighted by atomic mass is 10.1. The quantitative estimate of drug-likeness (QED) is 0.516. The monoisotopic (exact) mass is 326 g/mol. The normalized spacial score (nSPS) is 11.7. The molecule has 1 amide bonds. The van der Waals surface area contributed by atoms with Crippen molar-refractivity contribution in [2.75, 3.05) is 0 Å². The number of hydrazone groups is 1. The van der Waals surface area contributed by atoms with E-state index >= 15 is 0 Å². The average Bonchev–Trinajstić information content (AvgIpc) is 2.50. The van der Waals surface area contributed by atoms with E-state index in [4.69, 9.17) is 0 Å². The van der Waals surface area contributed by atoms with Crippen LogP contribution in [-0.2, 0) is 6.18 Å². The Bertz CT molecular complexity index is 757. The number of amides is 1. The minimum absolute atomic E-state index is 0.00865. The van der Waals surface area contributed by atoms with E-state index in [1.165, 1.54) is 18.2 Å². The molecular weight excluding hydrogens is 316 g/mol. The molecule has 0 atom stereocenters. The third kappa shape index (κ3) is 4.06. The summed E-state index contributed by atoms with van der Waals surface area (Å²) in [6, 6.07) is 7.52. The number of halogens is 4. The zero-order valence-electron chi connectivity index (χ0n) is 11.4. The number of rotatable bonds is 3. The van der Waals surface area contributed by atoms with Crippen molar-refractivity contribution in [2.24, 2.45) is 5.10 Å². The predicted molar refractivity (Wildman–Crippen MR) is 74.6 cm³/mol. The largest absolute Gasteiger partial charge is 0.504 e. The number of hydrogen-bond acceptors (Lipinski definition) is 3. The molecule has 8 heteroatoms. The molecule has 0 spiro atoms. The summed E-state index contributed by atoms with van der Waals surface area (Å²) in [5.41, 5.74) is 0.814. The number of phenolic OH excluding ortho intramolecular Hbond substituents is 1. The van der Waals surface area contributed by atoms with Crippen molar-refractivity contribution in [3.05, 3.63) is 65.0 Å². The summed E-state index contributed by atoms with van der Waals surface area (Å²) in [6.45, 7) is 0. The highest BCUT2D eigenvalue weighted by molar-refractivity contribution is 5.95. The average molecular weight is 326 g/mol. The molecule has 0 saturated carbocycles. The molecule has 0 aliphatic rings. The van der Waals surface area contributed by atoms with Crippen molar-refractivity contribution in [3.63, 3.8) is 0 Å². The van der Waals surface area contributed by atoms with Gasteiger partial charge < -0.3 is 5.11 Å². The van der Waals surface area contributed by atoms with Crippen molar-refractivity contribution < 1.29 is 27.5 Å². The summed E-state index contributed by atoms with van der Waals surface area (Å²) in [5.74, 6) is -2.38. The van der Waals surface area contributed by atoms with Gasteiger partial charge in [0.05, 0.1) is 11.8 Å². The molecule has 0 unspecified atom stereocenters. The summed E-state index contributed by atoms with van der Waals surface area (Å²) in [5, 5.41) is 12.9. The maximum absolute atomic E-state index is 13.1. The Morgan fingerprint density at radius 2 is 1.87 bits per heavy atom. The van der Waals surface area contributed by atoms with Crippen LogP contribution in [0.1, 0.15) is 21.5 Å². The number of nitrogens with zero attached hydrogens (tertiary/aromatic N) is 1. The van der Waals surface area contributed by atoms with E-state index in [1.807, 2.05) is 5.43 Å². The molecule has 0 aliphatic heterocycles. The second-order valence-electron chi connectivity index (χ2n) is 4.46. The van der Waals surface area contributed by atoms with Crippen molar-refractivity contribution in [1.29, 1.82) is 0 Å². The van der Waals surface area contributed by atoms with Gasteiger partial charge in [-0.05, 0) is 30.3 Å². The molecule has 0 radical (unpaired) electrons. The third-order valence-electron chi connectivity index (χ3n) is 2.84. The van der Waals surface area contributed by atoms with Gasteiger partial charge in [-0.2, -0.15) is 18.3 Å². The summed E-state index contributed by atoms with van der Waals surface area (Å²) < 4.78 is 50.8. The van der Waals surface area contributed by atoms with E-state index in [1.54, 1.807) is 0 Å². The van der Waals surface area contributed by atoms with Gasteiger partial charge in [0.25, 0.3) is 5.91 Å². The molecule has 2 aromatic rings. The second kappa shape index (κ2) is 6.47. The van der Waals surface area contributed by atoms with E-state index in [0.29, 0.717) is 6.07 Å². The van der Waals surface area contributed by atoms with Crippen LogP contribution in [0.2, 0.25) is 0 Å². The van der Waals surface area contributed by atoms with Crippen molar-refractivity contribution in [3.8, 4) is 5.75 Å². The number of alkyl halides is 3. The fraction of sp³-hybridized carbons (Fsp3) is 0.0667. The van der Waals surface area contributed by atoms with Crippen LogP contribution >= 0.6 is 0 Å². The van der Waals surface area contributed by atoms with Crippen LogP contribution in [0.5, 0.6) is 5.75 Å². The maximum atomic E-state index is 13.1. The number of para-hydroxylation sites is 1. The van der Waals surface area contributed by atoms with E-state index in [0.717, 1.165) is 24.4 Å². The van der Waals surface area contributed by atoms with E-state index < -0.39 is 29.2 Å². The number of carbonyl (C=O) groups is 1. The Labute approximate surface area is 128 Å². The molecule has 0 aliphatic carbocycles. The van der Waals surface area contributed by atoms with Crippen LogP contribution < -0.4 is 5.43 Å². The number of aromatic hydroxyl groups is 1. The zero-order valence-corrected chi connectivity index (χ0v) is 11.4. The molecule has 0 saturated heterocycles. The molecule has 120 valence electrons. The van der Waals surface area contributed by atoms with Gasteiger partial charge in [0.1, 0.15) is 0 Å². The highest BCUT2D eigenvalue weighted by Crippen LogP contribution is 2.29. The third-order valence-corrected chi connectivity index (χ3v) is 2.84. The van der Waals surface area contributed by atoms with Gasteiger partial charge in [0.2, 0.25) is 0 Å². The van der Waals surface area contributed by atoms with Crippen LogP contribution in [-0.4, -0.2) is 17.2 Å². The number of hydrogen-bond donors (Lipinski definition) is 2. The van der Waals surface area contributed by atoms with Crippen LogP contribution in [0.15, 0.2) is 47.6 Å². The molecule has 0 fully saturated rings. The molecule has 4 nitrogen and oxygen atoms in total. The number of carbonyl (C=O) groups excluding carboxylic acids is 1. The lowest BCUT2D eigenvalue weighted by Gasteiger charge is -2.07. The summed E-state index contributed by atoms with van der Waals surface area (Å²) in [6.07, 6.45) is -3.59. The fourth-order valence-corrected chi connectivity index (χ4v) is 1.70. The number of nitrogens with one attached hydrogen (secondary N) is 1. The fourth-order valence-electron chi connectivity index (χ4n) is 1.70. The molecule has 2 N–H and O–H groups in total. The first kappa shape index (κ1) is 16.5. The lowest BCUT2D eigenvalue weighted by Crippen LogP contribution is -2.18. The van der Waals surface area contributed by atoms with E-state index in [2.05, 4.69) is 5.10 Å². The summed E-state index contributed by atoms with van der Waals surface area (Å²) in [7, 11) is 0. The number of benzene rings is 2. The predicted octanol–water partition coefficient (Wildman–Crippen LogP) is 3.31. The molecular formula is C15H10F4N2O2. The van der Waals surface area contributed by atoms with Crippen LogP contribution in [0.4, 0.5) is 17.6 Å². The Morgan fingerprint density at radius 3 is 2.57 bits per heavy atom. The lowest BCUT2D eigenvalue weighted by molar-refractivity contribution is -0.137. The van der Waals surface area contributed by atoms with Gasteiger partial charge in [0, 0.05) is 11.1 Å². The minimum atomic E-state index is -4.56. The Balaban J connectivity index is 2.11. The smallest absolute Gasteiger partial charge is 0.416 e. The SMILES string of the molecule is O=C(N/N=C/c1cccc(F)c1O)c1cccc(C(F)(F)F)c1.